The molecule has 0 radical (unpaired) electrons. The van der Waals surface area contributed by atoms with Crippen molar-refractivity contribution >= 4 is 65.3 Å². The van der Waals surface area contributed by atoms with Gasteiger partial charge in [-0.05, 0) is 75.1 Å². The lowest BCUT2D eigenvalue weighted by molar-refractivity contribution is 0.669. The third-order valence-corrected chi connectivity index (χ3v) is 11.4. The van der Waals surface area contributed by atoms with Gasteiger partial charge in [0.05, 0.1) is 11.0 Å². The highest BCUT2D eigenvalue weighted by Crippen LogP contribution is 2.44. The molecule has 0 aliphatic carbocycles. The summed E-state index contributed by atoms with van der Waals surface area (Å²) in [6, 6.07) is 68.0. The molecule has 0 aliphatic heterocycles. The van der Waals surface area contributed by atoms with E-state index in [1.807, 2.05) is 72.8 Å². The minimum absolute atomic E-state index is 0.600. The van der Waals surface area contributed by atoms with Crippen LogP contribution in [-0.4, -0.2) is 19.5 Å². The van der Waals surface area contributed by atoms with E-state index >= 15 is 0 Å². The number of hydrogen-bond donors (Lipinski definition) is 0. The molecule has 3 heterocycles. The van der Waals surface area contributed by atoms with Crippen molar-refractivity contribution in [3.63, 3.8) is 0 Å². The Balaban J connectivity index is 1.03. The van der Waals surface area contributed by atoms with E-state index in [2.05, 4.69) is 126 Å². The first-order chi connectivity index (χ1) is 28.7. The Hall–Kier alpha value is -7.89. The minimum atomic E-state index is 0.600. The Bertz CT molecular complexity index is 3490. The van der Waals surface area contributed by atoms with Crippen LogP contribution >= 0.6 is 0 Å². The fourth-order valence-electron chi connectivity index (χ4n) is 8.76. The van der Waals surface area contributed by atoms with Gasteiger partial charge in [0.2, 0.25) is 0 Å². The van der Waals surface area contributed by atoms with E-state index in [0.717, 1.165) is 66.2 Å². The predicted molar refractivity (Wildman–Crippen MR) is 238 cm³/mol. The van der Waals surface area contributed by atoms with Crippen LogP contribution in [0.25, 0.3) is 116 Å². The number of furan rings is 1. The summed E-state index contributed by atoms with van der Waals surface area (Å²) < 4.78 is 9.14. The van der Waals surface area contributed by atoms with Gasteiger partial charge in [-0.3, -0.25) is 0 Å². The van der Waals surface area contributed by atoms with Crippen LogP contribution in [0.3, 0.4) is 0 Å². The first-order valence-corrected chi connectivity index (χ1v) is 19.5. The number of aromatic nitrogens is 4. The summed E-state index contributed by atoms with van der Waals surface area (Å²) >= 11 is 0. The second-order valence-electron chi connectivity index (χ2n) is 14.8. The highest BCUT2D eigenvalue weighted by molar-refractivity contribution is 6.25. The molecular formula is C53H32N4O. The normalized spacial score (nSPS) is 11.8. The highest BCUT2D eigenvalue weighted by atomic mass is 16.3. The molecule has 0 atom stereocenters. The maximum absolute atomic E-state index is 6.75. The lowest BCUT2D eigenvalue weighted by Gasteiger charge is -2.12. The van der Waals surface area contributed by atoms with E-state index in [9.17, 15) is 0 Å². The van der Waals surface area contributed by atoms with Gasteiger partial charge in [-0.2, -0.15) is 0 Å². The molecule has 58 heavy (non-hydrogen) atoms. The first-order valence-electron chi connectivity index (χ1n) is 19.5. The Labute approximate surface area is 333 Å². The van der Waals surface area contributed by atoms with Gasteiger partial charge >= 0.3 is 0 Å². The summed E-state index contributed by atoms with van der Waals surface area (Å²) in [6.45, 7) is 0. The van der Waals surface area contributed by atoms with E-state index in [0.29, 0.717) is 17.5 Å². The van der Waals surface area contributed by atoms with Crippen molar-refractivity contribution < 1.29 is 4.42 Å². The highest BCUT2D eigenvalue weighted by Gasteiger charge is 2.21. The molecule has 270 valence electrons. The molecule has 0 N–H and O–H groups in total. The summed E-state index contributed by atoms with van der Waals surface area (Å²) in [7, 11) is 0. The molecule has 5 nitrogen and oxygen atoms in total. The third-order valence-electron chi connectivity index (χ3n) is 11.4. The van der Waals surface area contributed by atoms with Crippen molar-refractivity contribution in [3.8, 4) is 51.0 Å². The molecule has 0 saturated heterocycles. The maximum atomic E-state index is 6.75. The van der Waals surface area contributed by atoms with Crippen LogP contribution < -0.4 is 0 Å². The molecule has 0 saturated carbocycles. The molecule has 5 heteroatoms. The zero-order valence-corrected chi connectivity index (χ0v) is 31.2. The Morgan fingerprint density at radius 2 is 0.948 bits per heavy atom. The topological polar surface area (TPSA) is 56.7 Å². The fraction of sp³-hybridized carbons (Fsp3) is 0. The average molecular weight is 741 g/mol. The van der Waals surface area contributed by atoms with Crippen LogP contribution in [0, 0.1) is 0 Å². The molecule has 0 aliphatic rings. The van der Waals surface area contributed by atoms with Crippen molar-refractivity contribution in [2.24, 2.45) is 0 Å². The number of rotatable bonds is 5. The molecule has 0 bridgehead atoms. The summed E-state index contributed by atoms with van der Waals surface area (Å²) in [6.07, 6.45) is 0. The summed E-state index contributed by atoms with van der Waals surface area (Å²) in [5.74, 6) is 1.85. The molecule has 0 amide bonds. The number of hydrogen-bond acceptors (Lipinski definition) is 4. The quantitative estimate of drug-likeness (QED) is 0.176. The number of fused-ring (bicyclic) bond motifs is 9. The van der Waals surface area contributed by atoms with Crippen LogP contribution in [0.1, 0.15) is 0 Å². The molecule has 0 spiro atoms. The van der Waals surface area contributed by atoms with Gasteiger partial charge in [-0.1, -0.05) is 152 Å². The standard InChI is InChI=1S/C53H32N4O/c1-3-14-34(15-4-1)51-54-52(35-16-5-2-6-17-35)56-53(55-51)42-23-13-25-47-50(42)49-41-22-10-9-20-39(41)43(32-48(49)58-47)33-26-28-38(29-27-33)57-45-24-12-11-21-40(45)44-30-36-18-7-8-19-37(36)31-46(44)57/h1-32H. The lowest BCUT2D eigenvalue weighted by atomic mass is 9.93. The van der Waals surface area contributed by atoms with Gasteiger partial charge in [-0.15, -0.1) is 0 Å². The molecule has 12 rings (SSSR count). The predicted octanol–water partition coefficient (Wildman–Crippen LogP) is 13.8. The van der Waals surface area contributed by atoms with E-state index in [-0.39, 0.29) is 0 Å². The van der Waals surface area contributed by atoms with Gasteiger partial charge in [0.15, 0.2) is 17.5 Å². The van der Waals surface area contributed by atoms with E-state index < -0.39 is 0 Å². The Morgan fingerprint density at radius 1 is 0.345 bits per heavy atom. The number of nitrogens with zero attached hydrogens (tertiary/aromatic N) is 4. The van der Waals surface area contributed by atoms with Crippen LogP contribution in [0.2, 0.25) is 0 Å². The van der Waals surface area contributed by atoms with E-state index in [1.54, 1.807) is 0 Å². The monoisotopic (exact) mass is 740 g/mol. The number of para-hydroxylation sites is 1. The van der Waals surface area contributed by atoms with Crippen molar-refractivity contribution in [1.82, 2.24) is 19.5 Å². The average Bonchev–Trinajstić information content (AvgIpc) is 3.84. The van der Waals surface area contributed by atoms with Gasteiger partial charge in [0.25, 0.3) is 0 Å². The molecule has 12 aromatic rings. The van der Waals surface area contributed by atoms with Crippen LogP contribution in [-0.2, 0) is 0 Å². The fourth-order valence-corrected chi connectivity index (χ4v) is 8.76. The van der Waals surface area contributed by atoms with Gasteiger partial charge in [0, 0.05) is 43.9 Å². The Morgan fingerprint density at radius 3 is 1.67 bits per heavy atom. The zero-order valence-electron chi connectivity index (χ0n) is 31.2. The first kappa shape index (κ1) is 32.4. The van der Waals surface area contributed by atoms with Crippen LogP contribution in [0.4, 0.5) is 0 Å². The summed E-state index contributed by atoms with van der Waals surface area (Å²) in [4.78, 5) is 15.1. The lowest BCUT2D eigenvalue weighted by Crippen LogP contribution is -2.00. The van der Waals surface area contributed by atoms with Gasteiger partial charge in [0.1, 0.15) is 11.2 Å². The summed E-state index contributed by atoms with van der Waals surface area (Å²) in [5, 5.41) is 9.26. The zero-order chi connectivity index (χ0) is 38.2. The van der Waals surface area contributed by atoms with Crippen molar-refractivity contribution in [3.05, 3.63) is 194 Å². The second kappa shape index (κ2) is 12.8. The van der Waals surface area contributed by atoms with Gasteiger partial charge in [-0.25, -0.2) is 15.0 Å². The van der Waals surface area contributed by atoms with Crippen LogP contribution in [0.5, 0.6) is 0 Å². The van der Waals surface area contributed by atoms with Crippen molar-refractivity contribution in [2.45, 2.75) is 0 Å². The van der Waals surface area contributed by atoms with Crippen molar-refractivity contribution in [1.29, 1.82) is 0 Å². The molecule has 3 aromatic heterocycles. The number of benzene rings is 9. The third kappa shape index (κ3) is 5.07. The molecule has 0 fully saturated rings. The molecular weight excluding hydrogens is 709 g/mol. The summed E-state index contributed by atoms with van der Waals surface area (Å²) in [5.41, 5.74) is 10.1. The minimum Gasteiger partial charge on any atom is -0.456 e. The Kier molecular flexibility index (Phi) is 7.16. The molecule has 9 aromatic carbocycles. The van der Waals surface area contributed by atoms with Crippen LogP contribution in [0.15, 0.2) is 199 Å². The molecule has 0 unspecified atom stereocenters. The van der Waals surface area contributed by atoms with Gasteiger partial charge < -0.3 is 8.98 Å². The van der Waals surface area contributed by atoms with Crippen molar-refractivity contribution in [2.75, 3.05) is 0 Å². The maximum Gasteiger partial charge on any atom is 0.164 e. The largest absolute Gasteiger partial charge is 0.456 e. The van der Waals surface area contributed by atoms with E-state index in [1.165, 1.54) is 32.6 Å². The smallest absolute Gasteiger partial charge is 0.164 e. The SMILES string of the molecule is c1ccc(-c2nc(-c3ccccc3)nc(-c3cccc4oc5cc(-c6ccc(-n7c8ccccc8c8cc9ccccc9cc87)cc6)c6ccccc6c5c34)n2)cc1. The van der Waals surface area contributed by atoms with E-state index in [4.69, 9.17) is 19.4 Å². The second-order valence-corrected chi connectivity index (χ2v) is 14.8.